The number of nitrogens with zero attached hydrogens (tertiary/aromatic N) is 2. The Hall–Kier alpha value is -2.45. The predicted molar refractivity (Wildman–Crippen MR) is 147 cm³/mol. The molecule has 2 aromatic carbocycles. The van der Waals surface area contributed by atoms with Crippen LogP contribution in [0, 0.1) is 0 Å². The van der Waals surface area contributed by atoms with E-state index in [0.29, 0.717) is 12.8 Å². The van der Waals surface area contributed by atoms with Gasteiger partial charge in [0.05, 0.1) is 0 Å². The van der Waals surface area contributed by atoms with Gasteiger partial charge in [-0.15, -0.1) is 0 Å². The number of fused-ring (bicyclic) bond motifs is 2. The highest BCUT2D eigenvalue weighted by Crippen LogP contribution is 2.35. The van der Waals surface area contributed by atoms with Crippen LogP contribution in [0.1, 0.15) is 65.2 Å². The first-order valence-corrected chi connectivity index (χ1v) is 16.2. The Bertz CT molecular complexity index is 1390. The molecule has 41 heavy (non-hydrogen) atoms. The SMILES string of the molecule is CCCCCCCCCCN(S(=O)(=O)C(F)(F)F)S(=O)(=O)C(F)(F)F.CC[n+]1c2ccccc2cc2ccccc21. The van der Waals surface area contributed by atoms with Gasteiger partial charge in [0.15, 0.2) is 0 Å². The zero-order valence-corrected chi connectivity index (χ0v) is 24.5. The van der Waals surface area contributed by atoms with Crippen LogP contribution in [0.5, 0.6) is 0 Å². The number of alkyl halides is 6. The van der Waals surface area contributed by atoms with Gasteiger partial charge >= 0.3 is 31.1 Å². The third kappa shape index (κ3) is 8.77. The number of pyridine rings is 1. The van der Waals surface area contributed by atoms with Crippen molar-refractivity contribution in [1.29, 1.82) is 0 Å². The van der Waals surface area contributed by atoms with Crippen LogP contribution in [0.4, 0.5) is 26.3 Å². The summed E-state index contributed by atoms with van der Waals surface area (Å²) in [7, 11) is -13.3. The lowest BCUT2D eigenvalue weighted by Gasteiger charge is -2.23. The standard InChI is InChI=1S/C15H14N.C12H21F6NO4S2/c1-2-16-14-9-5-3-7-12(14)11-13-8-4-6-10-15(13)16;1-2-3-4-5-6-7-8-9-10-19(24(20,21)11(13,14)15)25(22,23)12(16,17)18/h3-11H,2H2,1H3;2-10H2,1H3/q+1;. The summed E-state index contributed by atoms with van der Waals surface area (Å²) in [6, 6.07) is 19.4. The first-order chi connectivity index (χ1) is 19.1. The van der Waals surface area contributed by atoms with Crippen molar-refractivity contribution in [2.45, 2.75) is 82.8 Å². The van der Waals surface area contributed by atoms with E-state index in [9.17, 15) is 43.2 Å². The first-order valence-electron chi connectivity index (χ1n) is 13.3. The van der Waals surface area contributed by atoms with Gasteiger partial charge in [-0.05, 0) is 31.5 Å². The number of rotatable bonds is 12. The number of aryl methyl sites for hydroxylation is 1. The van der Waals surface area contributed by atoms with Crippen LogP contribution in [-0.2, 0) is 26.6 Å². The normalized spacial score (nSPS) is 13.0. The van der Waals surface area contributed by atoms with Crippen molar-refractivity contribution in [1.82, 2.24) is 3.71 Å². The molecule has 0 aliphatic carbocycles. The maximum atomic E-state index is 12.5. The molecule has 14 heteroatoms. The van der Waals surface area contributed by atoms with Crippen molar-refractivity contribution in [2.75, 3.05) is 6.54 Å². The van der Waals surface area contributed by atoms with E-state index in [-0.39, 0.29) is 6.42 Å². The average molecular weight is 630 g/mol. The molecule has 0 radical (unpaired) electrons. The maximum absolute atomic E-state index is 12.5. The summed E-state index contributed by atoms with van der Waals surface area (Å²) in [5, 5.41) is 2.62. The Kier molecular flexibility index (Phi) is 12.4. The average Bonchev–Trinajstić information content (AvgIpc) is 2.89. The van der Waals surface area contributed by atoms with Crippen LogP contribution in [0.3, 0.4) is 0 Å². The highest BCUT2D eigenvalue weighted by molar-refractivity contribution is 8.04. The summed E-state index contributed by atoms with van der Waals surface area (Å²) in [6.45, 7) is 3.79. The van der Waals surface area contributed by atoms with E-state index in [4.69, 9.17) is 0 Å². The van der Waals surface area contributed by atoms with Gasteiger partial charge in [-0.1, -0.05) is 79.8 Å². The predicted octanol–water partition coefficient (Wildman–Crippen LogP) is 7.43. The van der Waals surface area contributed by atoms with Crippen LogP contribution >= 0.6 is 0 Å². The third-order valence-corrected chi connectivity index (χ3v) is 10.2. The first kappa shape index (κ1) is 34.7. The summed E-state index contributed by atoms with van der Waals surface area (Å²) in [6.07, 6.45) is 4.59. The summed E-state index contributed by atoms with van der Waals surface area (Å²) in [4.78, 5) is 0. The molecule has 1 heterocycles. The minimum atomic E-state index is -6.66. The molecule has 6 nitrogen and oxygen atoms in total. The molecule has 0 bridgehead atoms. The zero-order valence-electron chi connectivity index (χ0n) is 22.9. The summed E-state index contributed by atoms with van der Waals surface area (Å²) < 4.78 is 121. The second kappa shape index (κ2) is 14.6. The summed E-state index contributed by atoms with van der Waals surface area (Å²) >= 11 is 0. The molecule has 0 N–H and O–H groups in total. The number of sulfonamides is 2. The van der Waals surface area contributed by atoms with Crippen molar-refractivity contribution >= 4 is 41.9 Å². The number of hydrogen-bond donors (Lipinski definition) is 0. The number of unbranched alkanes of at least 4 members (excludes halogenated alkanes) is 7. The Labute approximate surface area is 237 Å². The van der Waals surface area contributed by atoms with Gasteiger partial charge in [0.25, 0.3) is 0 Å². The van der Waals surface area contributed by atoms with Crippen molar-refractivity contribution in [3.05, 3.63) is 54.6 Å². The zero-order chi connectivity index (χ0) is 30.9. The van der Waals surface area contributed by atoms with Gasteiger partial charge < -0.3 is 0 Å². The Balaban J connectivity index is 0.000000311. The van der Waals surface area contributed by atoms with Gasteiger partial charge in [0, 0.05) is 29.4 Å². The lowest BCUT2D eigenvalue weighted by Crippen LogP contribution is -2.49. The molecule has 0 aliphatic rings. The third-order valence-electron chi connectivity index (χ3n) is 6.40. The van der Waals surface area contributed by atoms with Crippen molar-refractivity contribution in [3.63, 3.8) is 0 Å². The largest absolute Gasteiger partial charge is 0.512 e. The van der Waals surface area contributed by atoms with E-state index in [1.165, 1.54) is 21.8 Å². The van der Waals surface area contributed by atoms with E-state index >= 15 is 0 Å². The number of para-hydroxylation sites is 2. The van der Waals surface area contributed by atoms with Crippen LogP contribution in [0.25, 0.3) is 21.8 Å². The summed E-state index contributed by atoms with van der Waals surface area (Å²) in [5.74, 6) is 0. The number of benzene rings is 2. The van der Waals surface area contributed by atoms with E-state index < -0.39 is 47.7 Å². The van der Waals surface area contributed by atoms with Crippen LogP contribution in [0.2, 0.25) is 0 Å². The van der Waals surface area contributed by atoms with Crippen molar-refractivity contribution in [2.24, 2.45) is 0 Å². The fraction of sp³-hybridized carbons (Fsp3) is 0.519. The van der Waals surface area contributed by atoms with Crippen LogP contribution < -0.4 is 4.57 Å². The molecule has 0 unspecified atom stereocenters. The van der Waals surface area contributed by atoms with E-state index in [1.54, 1.807) is 0 Å². The number of hydrogen-bond acceptors (Lipinski definition) is 4. The molecule has 0 saturated carbocycles. The molecule has 0 atom stereocenters. The molecule has 0 fully saturated rings. The Morgan fingerprint density at radius 2 is 1.02 bits per heavy atom. The van der Waals surface area contributed by atoms with Crippen molar-refractivity contribution < 1.29 is 47.7 Å². The van der Waals surface area contributed by atoms with Gasteiger partial charge in [-0.2, -0.15) is 30.9 Å². The fourth-order valence-corrected chi connectivity index (χ4v) is 7.07. The monoisotopic (exact) mass is 629 g/mol. The molecule has 3 aromatic rings. The smallest absolute Gasteiger partial charge is 0.202 e. The maximum Gasteiger partial charge on any atom is 0.512 e. The minimum absolute atomic E-state index is 0.114. The highest BCUT2D eigenvalue weighted by Gasteiger charge is 2.61. The number of aromatic nitrogens is 1. The van der Waals surface area contributed by atoms with Gasteiger partial charge in [0.2, 0.25) is 11.0 Å². The lowest BCUT2D eigenvalue weighted by atomic mass is 10.1. The summed E-state index contributed by atoms with van der Waals surface area (Å²) in [5.41, 5.74) is -9.68. The minimum Gasteiger partial charge on any atom is -0.202 e. The molecular weight excluding hydrogens is 594 g/mol. The van der Waals surface area contributed by atoms with Crippen LogP contribution in [-0.4, -0.2) is 38.1 Å². The molecule has 3 rings (SSSR count). The van der Waals surface area contributed by atoms with Crippen LogP contribution in [0.15, 0.2) is 54.6 Å². The molecule has 1 aromatic heterocycles. The molecule has 0 amide bonds. The Morgan fingerprint density at radius 1 is 0.634 bits per heavy atom. The van der Waals surface area contributed by atoms with E-state index in [1.807, 2.05) is 6.92 Å². The highest BCUT2D eigenvalue weighted by atomic mass is 32.3. The van der Waals surface area contributed by atoms with E-state index in [0.717, 1.165) is 32.2 Å². The molecular formula is C27H35F6N2O4S2+. The quantitative estimate of drug-likeness (QED) is 0.0904. The molecule has 0 saturated heterocycles. The fourth-order valence-electron chi connectivity index (χ4n) is 4.32. The number of halogens is 6. The second-order valence-electron chi connectivity index (χ2n) is 9.38. The molecule has 0 spiro atoms. The van der Waals surface area contributed by atoms with E-state index in [2.05, 4.69) is 66.1 Å². The molecule has 230 valence electrons. The topological polar surface area (TPSA) is 75.4 Å². The Morgan fingerprint density at radius 3 is 1.41 bits per heavy atom. The van der Waals surface area contributed by atoms with Gasteiger partial charge in [-0.3, -0.25) is 0 Å². The van der Waals surface area contributed by atoms with Gasteiger partial charge in [0.1, 0.15) is 6.54 Å². The van der Waals surface area contributed by atoms with Gasteiger partial charge in [-0.25, -0.2) is 16.8 Å². The second-order valence-corrected chi connectivity index (χ2v) is 13.3. The van der Waals surface area contributed by atoms with Crippen molar-refractivity contribution in [3.8, 4) is 0 Å². The molecule has 0 aliphatic heterocycles. The lowest BCUT2D eigenvalue weighted by molar-refractivity contribution is -0.641.